The molecule has 1 unspecified atom stereocenters. The third-order valence-corrected chi connectivity index (χ3v) is 20.5. The van der Waals surface area contributed by atoms with Gasteiger partial charge in [0, 0.05) is 13.2 Å². The fraction of sp³-hybridized carbons (Fsp3) is 1.00. The minimum Gasteiger partial charge on any atom is -0.416 e. The molecule has 0 saturated heterocycles. The van der Waals surface area contributed by atoms with Gasteiger partial charge in [-0.25, -0.2) is 0 Å². The van der Waals surface area contributed by atoms with Crippen molar-refractivity contribution in [2.24, 2.45) is 0 Å². The molecule has 0 aliphatic heterocycles. The Bertz CT molecular complexity index is 418. The summed E-state index contributed by atoms with van der Waals surface area (Å²) >= 11 is 7.25. The van der Waals surface area contributed by atoms with Crippen LogP contribution >= 0.6 is 11.1 Å². The van der Waals surface area contributed by atoms with Crippen LogP contribution in [0.3, 0.4) is 0 Å². The summed E-state index contributed by atoms with van der Waals surface area (Å²) in [6, 6.07) is 0. The van der Waals surface area contributed by atoms with Crippen molar-refractivity contribution in [1.82, 2.24) is 0 Å². The fourth-order valence-electron chi connectivity index (χ4n) is 4.98. The van der Waals surface area contributed by atoms with E-state index in [1.54, 1.807) is 0 Å². The van der Waals surface area contributed by atoms with Crippen LogP contribution in [0.2, 0.25) is 26.7 Å². The Balaban J connectivity index is 5.43. The van der Waals surface area contributed by atoms with Crippen LogP contribution < -0.4 is 0 Å². The standard InChI is InChI=1S/C22H49ClO3Si2/c1-17(2)27(18(3)4,19(5)6)25-16-14-20(13-15-24)26-28(23,21(7,8)9)22(10,11)12/h17-20,24H,13-16H2,1-12H3. The van der Waals surface area contributed by atoms with Gasteiger partial charge in [0.25, 0.3) is 0 Å². The van der Waals surface area contributed by atoms with Crippen molar-refractivity contribution in [1.29, 1.82) is 0 Å². The molecule has 0 amide bonds. The van der Waals surface area contributed by atoms with Crippen LogP contribution in [-0.4, -0.2) is 40.4 Å². The third-order valence-electron chi connectivity index (χ3n) is 6.21. The molecule has 0 rings (SSSR count). The Morgan fingerprint density at radius 3 is 1.46 bits per heavy atom. The van der Waals surface area contributed by atoms with E-state index in [0.717, 1.165) is 6.42 Å². The summed E-state index contributed by atoms with van der Waals surface area (Å²) in [5, 5.41) is 9.42. The van der Waals surface area contributed by atoms with Crippen molar-refractivity contribution in [2.45, 2.75) is 129 Å². The smallest absolute Gasteiger partial charge is 0.301 e. The van der Waals surface area contributed by atoms with Gasteiger partial charge in [0.15, 0.2) is 8.32 Å². The van der Waals surface area contributed by atoms with E-state index < -0.39 is 15.9 Å². The van der Waals surface area contributed by atoms with Crippen molar-refractivity contribution < 1.29 is 14.0 Å². The number of aliphatic hydroxyl groups is 1. The number of hydrogen-bond acceptors (Lipinski definition) is 3. The summed E-state index contributed by atoms with van der Waals surface area (Å²) in [4.78, 5) is 0. The molecule has 1 atom stereocenters. The molecular weight excluding hydrogens is 404 g/mol. The van der Waals surface area contributed by atoms with Crippen LogP contribution in [0.4, 0.5) is 0 Å². The predicted molar refractivity (Wildman–Crippen MR) is 129 cm³/mol. The lowest BCUT2D eigenvalue weighted by atomic mass is 10.2. The zero-order valence-electron chi connectivity index (χ0n) is 20.8. The summed E-state index contributed by atoms with van der Waals surface area (Å²) < 4.78 is 13.4. The van der Waals surface area contributed by atoms with Crippen molar-refractivity contribution in [2.75, 3.05) is 13.2 Å². The molecule has 0 aliphatic rings. The molecule has 1 N–H and O–H groups in total. The fourth-order valence-corrected chi connectivity index (χ4v) is 14.5. The molecule has 0 aromatic carbocycles. The van der Waals surface area contributed by atoms with E-state index >= 15 is 0 Å². The van der Waals surface area contributed by atoms with Gasteiger partial charge >= 0.3 is 7.63 Å². The highest BCUT2D eigenvalue weighted by molar-refractivity contribution is 7.19. The van der Waals surface area contributed by atoms with Gasteiger partial charge in [0.2, 0.25) is 0 Å². The average molecular weight is 453 g/mol. The summed E-state index contributed by atoms with van der Waals surface area (Å²) in [6.45, 7) is 27.7. The van der Waals surface area contributed by atoms with Crippen molar-refractivity contribution in [3.05, 3.63) is 0 Å². The molecule has 0 radical (unpaired) electrons. The first-order valence-electron chi connectivity index (χ1n) is 11.1. The first kappa shape index (κ1) is 28.6. The van der Waals surface area contributed by atoms with E-state index in [1.807, 2.05) is 0 Å². The second-order valence-electron chi connectivity index (χ2n) is 11.3. The lowest BCUT2D eigenvalue weighted by Gasteiger charge is -2.47. The average Bonchev–Trinajstić information content (AvgIpc) is 2.48. The summed E-state index contributed by atoms with van der Waals surface area (Å²) in [6.07, 6.45) is 1.33. The number of halogens is 1. The Morgan fingerprint density at radius 2 is 1.18 bits per heavy atom. The molecule has 6 heteroatoms. The topological polar surface area (TPSA) is 38.7 Å². The van der Waals surface area contributed by atoms with E-state index in [2.05, 4.69) is 83.1 Å². The van der Waals surface area contributed by atoms with Gasteiger partial charge in [0.1, 0.15) is 0 Å². The van der Waals surface area contributed by atoms with Gasteiger partial charge in [-0.1, -0.05) is 83.1 Å². The number of aliphatic hydroxyl groups excluding tert-OH is 1. The van der Waals surface area contributed by atoms with E-state index in [4.69, 9.17) is 19.9 Å². The molecule has 0 aromatic rings. The highest BCUT2D eigenvalue weighted by Crippen LogP contribution is 2.54. The Kier molecular flexibility index (Phi) is 11.0. The molecule has 3 nitrogen and oxygen atoms in total. The molecule has 28 heavy (non-hydrogen) atoms. The maximum absolute atomic E-state index is 9.62. The van der Waals surface area contributed by atoms with E-state index in [9.17, 15) is 5.11 Å². The monoisotopic (exact) mass is 452 g/mol. The van der Waals surface area contributed by atoms with Crippen LogP contribution in [0.25, 0.3) is 0 Å². The van der Waals surface area contributed by atoms with Crippen molar-refractivity contribution >= 4 is 27.0 Å². The van der Waals surface area contributed by atoms with E-state index in [1.165, 1.54) is 0 Å². The third kappa shape index (κ3) is 6.55. The minimum absolute atomic E-state index is 0.0641. The first-order valence-corrected chi connectivity index (χ1v) is 16.1. The maximum Gasteiger partial charge on any atom is 0.301 e. The lowest BCUT2D eigenvalue weighted by Crippen LogP contribution is -2.52. The van der Waals surface area contributed by atoms with Crippen LogP contribution in [-0.2, 0) is 8.85 Å². The molecule has 0 spiro atoms. The van der Waals surface area contributed by atoms with Gasteiger partial charge in [0.05, 0.1) is 6.10 Å². The molecule has 0 bridgehead atoms. The van der Waals surface area contributed by atoms with Crippen LogP contribution in [0.1, 0.15) is 95.9 Å². The second kappa shape index (κ2) is 10.8. The van der Waals surface area contributed by atoms with Crippen LogP contribution in [0.15, 0.2) is 0 Å². The Morgan fingerprint density at radius 1 is 0.786 bits per heavy atom. The van der Waals surface area contributed by atoms with Gasteiger partial charge < -0.3 is 14.0 Å². The summed E-state index contributed by atoms with van der Waals surface area (Å²) in [5.74, 6) is 0. The second-order valence-corrected chi connectivity index (χ2v) is 22.8. The van der Waals surface area contributed by atoms with Crippen molar-refractivity contribution in [3.8, 4) is 0 Å². The zero-order valence-corrected chi connectivity index (χ0v) is 23.5. The lowest BCUT2D eigenvalue weighted by molar-refractivity contribution is 0.108. The molecular formula is C22H49ClO3Si2. The van der Waals surface area contributed by atoms with Crippen molar-refractivity contribution in [3.63, 3.8) is 0 Å². The van der Waals surface area contributed by atoms with E-state index in [0.29, 0.717) is 29.7 Å². The minimum atomic E-state index is -2.60. The molecule has 0 aromatic heterocycles. The SMILES string of the molecule is CC(C)[Si](OCCC(CCO)O[Si](Cl)(C(C)(C)C)C(C)(C)C)(C(C)C)C(C)C. The van der Waals surface area contributed by atoms with E-state index in [-0.39, 0.29) is 22.8 Å². The molecule has 0 saturated carbocycles. The van der Waals surface area contributed by atoms with Gasteiger partial charge in [-0.05, 0) is 39.5 Å². The Hall–Kier alpha value is 0.604. The number of hydrogen-bond donors (Lipinski definition) is 1. The van der Waals surface area contributed by atoms with Gasteiger partial charge in [-0.3, -0.25) is 0 Å². The van der Waals surface area contributed by atoms with Crippen LogP contribution in [0.5, 0.6) is 0 Å². The highest BCUT2D eigenvalue weighted by atomic mass is 35.6. The summed E-state index contributed by atoms with van der Waals surface area (Å²) in [7, 11) is -4.49. The number of rotatable bonds is 11. The van der Waals surface area contributed by atoms with Gasteiger partial charge in [-0.2, -0.15) is 0 Å². The molecule has 170 valence electrons. The summed E-state index contributed by atoms with van der Waals surface area (Å²) in [5.41, 5.74) is 1.70. The Labute approximate surface area is 182 Å². The predicted octanol–water partition coefficient (Wildman–Crippen LogP) is 7.62. The normalized spacial score (nSPS) is 15.8. The van der Waals surface area contributed by atoms with Crippen LogP contribution in [0, 0.1) is 0 Å². The molecule has 0 aliphatic carbocycles. The highest BCUT2D eigenvalue weighted by Gasteiger charge is 2.55. The maximum atomic E-state index is 9.62. The molecule has 0 fully saturated rings. The first-order chi connectivity index (χ1) is 12.5. The largest absolute Gasteiger partial charge is 0.416 e. The zero-order chi connectivity index (χ0) is 22.6. The van der Waals surface area contributed by atoms with Gasteiger partial charge in [-0.15, -0.1) is 11.1 Å². The molecule has 0 heterocycles. The quantitative estimate of drug-likeness (QED) is 0.258.